The van der Waals surface area contributed by atoms with Gasteiger partial charge < -0.3 is 14.3 Å². The lowest BCUT2D eigenvalue weighted by molar-refractivity contribution is 0.0339. The van der Waals surface area contributed by atoms with Gasteiger partial charge in [0.05, 0.1) is 13.2 Å². The van der Waals surface area contributed by atoms with Crippen molar-refractivity contribution in [2.75, 3.05) is 26.3 Å². The molecule has 6 heteroatoms. The molecule has 106 valence electrons. The van der Waals surface area contributed by atoms with E-state index in [4.69, 9.17) is 20.8 Å². The minimum absolute atomic E-state index is 0.00578. The van der Waals surface area contributed by atoms with E-state index in [2.05, 4.69) is 4.90 Å². The number of hydrogen-bond donors (Lipinski definition) is 1. The first-order valence-electron chi connectivity index (χ1n) is 6.39. The molecule has 1 aromatic carbocycles. The molecule has 0 aliphatic carbocycles. The highest BCUT2D eigenvalue weighted by atomic mass is 35.5. The van der Waals surface area contributed by atoms with E-state index in [1.165, 1.54) is 0 Å². The van der Waals surface area contributed by atoms with E-state index in [1.54, 1.807) is 18.2 Å². The molecule has 0 atom stereocenters. The van der Waals surface area contributed by atoms with Gasteiger partial charge in [0.15, 0.2) is 0 Å². The first kappa shape index (κ1) is 13.4. The maximum Gasteiger partial charge on any atom is 0.372 e. The van der Waals surface area contributed by atoms with Crippen LogP contribution in [0.5, 0.6) is 0 Å². The van der Waals surface area contributed by atoms with Crippen LogP contribution in [0.15, 0.2) is 22.6 Å². The molecule has 1 saturated heterocycles. The quantitative estimate of drug-likeness (QED) is 0.943. The van der Waals surface area contributed by atoms with Crippen LogP contribution in [0.3, 0.4) is 0 Å². The number of rotatable bonds is 3. The summed E-state index contributed by atoms with van der Waals surface area (Å²) in [5.74, 6) is -1.06. The highest BCUT2D eigenvalue weighted by Gasteiger charge is 2.23. The van der Waals surface area contributed by atoms with Gasteiger partial charge in [-0.2, -0.15) is 0 Å². The predicted octanol–water partition coefficient (Wildman–Crippen LogP) is 2.62. The summed E-state index contributed by atoms with van der Waals surface area (Å²) in [7, 11) is 0. The zero-order chi connectivity index (χ0) is 14.1. The van der Waals surface area contributed by atoms with Gasteiger partial charge in [-0.15, -0.1) is 0 Å². The van der Waals surface area contributed by atoms with Crippen molar-refractivity contribution in [3.05, 3.63) is 34.5 Å². The summed E-state index contributed by atoms with van der Waals surface area (Å²) in [6.45, 7) is 3.43. The highest BCUT2D eigenvalue weighted by molar-refractivity contribution is 6.31. The summed E-state index contributed by atoms with van der Waals surface area (Å²) in [6, 6.07) is 5.15. The average molecular weight is 296 g/mol. The smallest absolute Gasteiger partial charge is 0.372 e. The van der Waals surface area contributed by atoms with E-state index in [0.29, 0.717) is 35.9 Å². The van der Waals surface area contributed by atoms with Crippen LogP contribution in [0.25, 0.3) is 11.0 Å². The van der Waals surface area contributed by atoms with Crippen LogP contribution in [0.1, 0.15) is 16.1 Å². The largest absolute Gasteiger partial charge is 0.475 e. The molecule has 0 bridgehead atoms. The third-order valence-electron chi connectivity index (χ3n) is 3.43. The van der Waals surface area contributed by atoms with Gasteiger partial charge in [-0.25, -0.2) is 4.79 Å². The van der Waals surface area contributed by atoms with Crippen molar-refractivity contribution in [3.8, 4) is 0 Å². The second-order valence-electron chi connectivity index (χ2n) is 4.74. The highest BCUT2D eigenvalue weighted by Crippen LogP contribution is 2.29. The van der Waals surface area contributed by atoms with Crippen LogP contribution in [0.4, 0.5) is 0 Å². The number of hydrogen-bond acceptors (Lipinski definition) is 4. The Morgan fingerprint density at radius 3 is 2.80 bits per heavy atom. The summed E-state index contributed by atoms with van der Waals surface area (Å²) in [6.07, 6.45) is 0. The number of halogens is 1. The van der Waals surface area contributed by atoms with E-state index in [0.717, 1.165) is 18.5 Å². The number of benzene rings is 1. The number of aromatic carboxylic acids is 1. The summed E-state index contributed by atoms with van der Waals surface area (Å²) < 4.78 is 10.7. The van der Waals surface area contributed by atoms with Gasteiger partial charge in [-0.1, -0.05) is 11.6 Å². The lowest BCUT2D eigenvalue weighted by Gasteiger charge is -2.26. The molecule has 0 radical (unpaired) electrons. The summed E-state index contributed by atoms with van der Waals surface area (Å²) in [4.78, 5) is 13.5. The van der Waals surface area contributed by atoms with Crippen molar-refractivity contribution in [1.29, 1.82) is 0 Å². The zero-order valence-electron chi connectivity index (χ0n) is 10.8. The van der Waals surface area contributed by atoms with Crippen LogP contribution < -0.4 is 0 Å². The minimum atomic E-state index is -1.06. The molecule has 0 unspecified atom stereocenters. The van der Waals surface area contributed by atoms with E-state index in [1.807, 2.05) is 0 Å². The van der Waals surface area contributed by atoms with Crippen molar-refractivity contribution in [2.24, 2.45) is 0 Å². The Labute approximate surface area is 120 Å². The van der Waals surface area contributed by atoms with Gasteiger partial charge in [0, 0.05) is 35.6 Å². The molecule has 0 saturated carbocycles. The molecule has 0 spiro atoms. The van der Waals surface area contributed by atoms with Gasteiger partial charge in [0.25, 0.3) is 0 Å². The van der Waals surface area contributed by atoms with Gasteiger partial charge in [-0.05, 0) is 18.2 Å². The molecule has 1 aromatic heterocycles. The third kappa shape index (κ3) is 2.52. The molecular formula is C14H14ClNO4. The molecule has 20 heavy (non-hydrogen) atoms. The Balaban J connectivity index is 2.03. The zero-order valence-corrected chi connectivity index (χ0v) is 11.5. The van der Waals surface area contributed by atoms with E-state index in [9.17, 15) is 9.90 Å². The van der Waals surface area contributed by atoms with E-state index >= 15 is 0 Å². The molecule has 1 fully saturated rings. The SMILES string of the molecule is O=C(O)c1oc2ccc(Cl)cc2c1CN1CCOCC1. The Hall–Kier alpha value is -1.56. The van der Waals surface area contributed by atoms with E-state index in [-0.39, 0.29) is 5.76 Å². The van der Waals surface area contributed by atoms with Crippen molar-refractivity contribution in [2.45, 2.75) is 6.54 Å². The summed E-state index contributed by atoms with van der Waals surface area (Å²) in [5.41, 5.74) is 1.23. The topological polar surface area (TPSA) is 62.9 Å². The normalized spacial score (nSPS) is 16.6. The minimum Gasteiger partial charge on any atom is -0.475 e. The number of morpholine rings is 1. The first-order chi connectivity index (χ1) is 9.65. The lowest BCUT2D eigenvalue weighted by atomic mass is 10.1. The second-order valence-corrected chi connectivity index (χ2v) is 5.18. The Morgan fingerprint density at radius 2 is 2.10 bits per heavy atom. The van der Waals surface area contributed by atoms with Crippen LogP contribution >= 0.6 is 11.6 Å². The van der Waals surface area contributed by atoms with Gasteiger partial charge in [0.2, 0.25) is 5.76 Å². The van der Waals surface area contributed by atoms with Gasteiger partial charge in [0.1, 0.15) is 5.58 Å². The van der Waals surface area contributed by atoms with Gasteiger partial charge in [-0.3, -0.25) is 4.90 Å². The molecule has 5 nitrogen and oxygen atoms in total. The van der Waals surface area contributed by atoms with Crippen LogP contribution in [0, 0.1) is 0 Å². The fourth-order valence-corrected chi connectivity index (χ4v) is 2.61. The molecule has 1 aliphatic rings. The third-order valence-corrected chi connectivity index (χ3v) is 3.67. The number of carboxylic acid groups (broad SMARTS) is 1. The molecule has 3 rings (SSSR count). The number of fused-ring (bicyclic) bond motifs is 1. The Kier molecular flexibility index (Phi) is 3.65. The van der Waals surface area contributed by atoms with E-state index < -0.39 is 5.97 Å². The van der Waals surface area contributed by atoms with Crippen LogP contribution in [-0.2, 0) is 11.3 Å². The molecule has 2 aromatic rings. The number of carboxylic acids is 1. The maximum atomic E-state index is 11.3. The van der Waals surface area contributed by atoms with Crippen molar-refractivity contribution in [1.82, 2.24) is 4.90 Å². The van der Waals surface area contributed by atoms with Gasteiger partial charge >= 0.3 is 5.97 Å². The number of nitrogens with zero attached hydrogens (tertiary/aromatic N) is 1. The molecule has 2 heterocycles. The van der Waals surface area contributed by atoms with Crippen molar-refractivity contribution in [3.63, 3.8) is 0 Å². The summed E-state index contributed by atoms with van der Waals surface area (Å²) in [5, 5.41) is 10.6. The fourth-order valence-electron chi connectivity index (χ4n) is 2.43. The Morgan fingerprint density at radius 1 is 1.35 bits per heavy atom. The van der Waals surface area contributed by atoms with Crippen molar-refractivity contribution >= 4 is 28.5 Å². The number of furan rings is 1. The fraction of sp³-hybridized carbons (Fsp3) is 0.357. The molecule has 0 amide bonds. The monoisotopic (exact) mass is 295 g/mol. The lowest BCUT2D eigenvalue weighted by Crippen LogP contribution is -2.35. The first-order valence-corrected chi connectivity index (χ1v) is 6.77. The Bertz CT molecular complexity index is 646. The molecular weight excluding hydrogens is 282 g/mol. The summed E-state index contributed by atoms with van der Waals surface area (Å²) >= 11 is 6.00. The molecule has 1 aliphatic heterocycles. The van der Waals surface area contributed by atoms with Crippen LogP contribution in [0.2, 0.25) is 5.02 Å². The second kappa shape index (κ2) is 5.44. The van der Waals surface area contributed by atoms with Crippen LogP contribution in [-0.4, -0.2) is 42.3 Å². The average Bonchev–Trinajstić information content (AvgIpc) is 2.78. The predicted molar refractivity (Wildman–Crippen MR) is 74.3 cm³/mol. The standard InChI is InChI=1S/C14H14ClNO4/c15-9-1-2-12-10(7-9)11(13(20-12)14(17)18)8-16-3-5-19-6-4-16/h1-2,7H,3-6,8H2,(H,17,18). The van der Waals surface area contributed by atoms with Crippen molar-refractivity contribution < 1.29 is 19.1 Å². The number of carbonyl (C=O) groups is 1. The maximum absolute atomic E-state index is 11.3. The molecule has 1 N–H and O–H groups in total. The number of ether oxygens (including phenoxy) is 1.